The third kappa shape index (κ3) is 20.7. The van der Waals surface area contributed by atoms with Gasteiger partial charge in [-0.3, -0.25) is 9.59 Å². The maximum Gasteiger partial charge on any atom is 0.508 e. The summed E-state index contributed by atoms with van der Waals surface area (Å²) in [6, 6.07) is 0. The second-order valence-electron chi connectivity index (χ2n) is 6.83. The van der Waals surface area contributed by atoms with Crippen molar-refractivity contribution in [3.8, 4) is 0 Å². The lowest BCUT2D eigenvalue weighted by molar-refractivity contribution is -0.145. The van der Waals surface area contributed by atoms with Gasteiger partial charge in [0.25, 0.3) is 0 Å². The maximum absolute atomic E-state index is 11.6. The molecule has 0 spiro atoms. The van der Waals surface area contributed by atoms with Crippen LogP contribution in [0.15, 0.2) is 0 Å². The number of rotatable bonds is 19. The van der Waals surface area contributed by atoms with Crippen molar-refractivity contribution in [2.45, 2.75) is 78.1 Å². The molecule has 0 atom stereocenters. The molecule has 32 heavy (non-hydrogen) atoms. The molecule has 0 saturated heterocycles. The highest BCUT2D eigenvalue weighted by Gasteiger charge is 2.06. The van der Waals surface area contributed by atoms with Crippen LogP contribution < -0.4 is 0 Å². The van der Waals surface area contributed by atoms with Gasteiger partial charge in [-0.25, -0.2) is 9.59 Å². The van der Waals surface area contributed by atoms with E-state index in [1.807, 2.05) is 0 Å². The zero-order chi connectivity index (χ0) is 23.9. The summed E-state index contributed by atoms with van der Waals surface area (Å²) >= 11 is 0. The van der Waals surface area contributed by atoms with Gasteiger partial charge in [-0.2, -0.15) is 0 Å². The van der Waals surface area contributed by atoms with E-state index in [0.717, 1.165) is 51.4 Å². The van der Waals surface area contributed by atoms with Crippen LogP contribution in [0.1, 0.15) is 78.1 Å². The van der Waals surface area contributed by atoms with Crippen molar-refractivity contribution in [1.82, 2.24) is 0 Å². The summed E-state index contributed by atoms with van der Waals surface area (Å²) in [5.74, 6) is -0.589. The molecular formula is C22H38O10. The smallest absolute Gasteiger partial charge is 0.462 e. The van der Waals surface area contributed by atoms with Crippen LogP contribution in [0.2, 0.25) is 0 Å². The summed E-state index contributed by atoms with van der Waals surface area (Å²) in [6.07, 6.45) is 6.87. The zero-order valence-corrected chi connectivity index (χ0v) is 19.4. The molecule has 0 bridgehead atoms. The van der Waals surface area contributed by atoms with Crippen LogP contribution in [0.4, 0.5) is 9.59 Å². The van der Waals surface area contributed by atoms with Crippen molar-refractivity contribution >= 4 is 24.2 Å². The molecule has 0 aromatic rings. The molecular weight excluding hydrogens is 424 g/mol. The third-order valence-electron chi connectivity index (χ3n) is 4.17. The lowest BCUT2D eigenvalue weighted by Crippen LogP contribution is -2.14. The van der Waals surface area contributed by atoms with Gasteiger partial charge in [0.15, 0.2) is 0 Å². The van der Waals surface area contributed by atoms with Crippen molar-refractivity contribution in [1.29, 1.82) is 0 Å². The van der Waals surface area contributed by atoms with E-state index in [-0.39, 0.29) is 51.6 Å². The average molecular weight is 463 g/mol. The normalized spacial score (nSPS) is 10.2. The van der Waals surface area contributed by atoms with Crippen LogP contribution in [-0.2, 0) is 38.0 Å². The Balaban J connectivity index is 3.34. The zero-order valence-electron chi connectivity index (χ0n) is 19.4. The van der Waals surface area contributed by atoms with Gasteiger partial charge in [-0.05, 0) is 26.7 Å². The van der Waals surface area contributed by atoms with E-state index in [1.165, 1.54) is 0 Å². The first-order chi connectivity index (χ1) is 15.5. The van der Waals surface area contributed by atoms with E-state index in [2.05, 4.69) is 9.47 Å². The minimum absolute atomic E-state index is 0.00774. The second-order valence-corrected chi connectivity index (χ2v) is 6.83. The molecule has 0 rings (SSSR count). The Morgan fingerprint density at radius 3 is 1.09 bits per heavy atom. The Kier molecular flexibility index (Phi) is 20.0. The topological polar surface area (TPSA) is 124 Å². The van der Waals surface area contributed by atoms with Crippen LogP contribution in [0, 0.1) is 0 Å². The van der Waals surface area contributed by atoms with Gasteiger partial charge >= 0.3 is 24.2 Å². The molecule has 0 saturated carbocycles. The summed E-state index contributed by atoms with van der Waals surface area (Å²) in [5.41, 5.74) is 0. The fraction of sp³-hybridized carbons (Fsp3) is 0.818. The number of unbranched alkanes of at least 4 members (excludes halogenated alkanes) is 7. The summed E-state index contributed by atoms with van der Waals surface area (Å²) in [5, 5.41) is 0. The molecule has 0 radical (unpaired) electrons. The van der Waals surface area contributed by atoms with Crippen molar-refractivity contribution in [2.24, 2.45) is 0 Å². The first-order valence-corrected chi connectivity index (χ1v) is 11.4. The molecule has 186 valence electrons. The first kappa shape index (κ1) is 29.5. The summed E-state index contributed by atoms with van der Waals surface area (Å²) in [4.78, 5) is 45.0. The van der Waals surface area contributed by atoms with Gasteiger partial charge in [-0.1, -0.05) is 38.5 Å². The first-order valence-electron chi connectivity index (χ1n) is 11.4. The summed E-state index contributed by atoms with van der Waals surface area (Å²) in [7, 11) is 0. The van der Waals surface area contributed by atoms with Crippen molar-refractivity contribution < 1.29 is 47.6 Å². The number of esters is 2. The van der Waals surface area contributed by atoms with E-state index < -0.39 is 12.3 Å². The molecule has 10 heteroatoms. The molecule has 0 amide bonds. The molecule has 0 aliphatic heterocycles. The minimum Gasteiger partial charge on any atom is -0.462 e. The fourth-order valence-electron chi connectivity index (χ4n) is 2.62. The van der Waals surface area contributed by atoms with E-state index in [0.29, 0.717) is 12.8 Å². The van der Waals surface area contributed by atoms with E-state index >= 15 is 0 Å². The average Bonchev–Trinajstić information content (AvgIpc) is 2.76. The van der Waals surface area contributed by atoms with Gasteiger partial charge < -0.3 is 28.4 Å². The number of hydrogen-bond acceptors (Lipinski definition) is 10. The Morgan fingerprint density at radius 1 is 0.438 bits per heavy atom. The number of ether oxygens (including phenoxy) is 6. The lowest BCUT2D eigenvalue weighted by Gasteiger charge is -2.06. The van der Waals surface area contributed by atoms with Gasteiger partial charge in [0.05, 0.1) is 13.2 Å². The molecule has 0 fully saturated rings. The van der Waals surface area contributed by atoms with Crippen molar-refractivity contribution in [3.05, 3.63) is 0 Å². The van der Waals surface area contributed by atoms with E-state index in [9.17, 15) is 19.2 Å². The largest absolute Gasteiger partial charge is 0.508 e. The lowest BCUT2D eigenvalue weighted by atomic mass is 10.1. The van der Waals surface area contributed by atoms with Crippen LogP contribution in [0.3, 0.4) is 0 Å². The second kappa shape index (κ2) is 21.7. The van der Waals surface area contributed by atoms with Crippen LogP contribution >= 0.6 is 0 Å². The molecule has 0 heterocycles. The summed E-state index contributed by atoms with van der Waals surface area (Å²) in [6.45, 7) is 3.89. The van der Waals surface area contributed by atoms with E-state index in [4.69, 9.17) is 18.9 Å². The fourth-order valence-corrected chi connectivity index (χ4v) is 2.62. The van der Waals surface area contributed by atoms with Crippen LogP contribution in [0.5, 0.6) is 0 Å². The highest BCUT2D eigenvalue weighted by atomic mass is 16.7. The summed E-state index contributed by atoms with van der Waals surface area (Å²) < 4.78 is 28.5. The van der Waals surface area contributed by atoms with Gasteiger partial charge in [0, 0.05) is 12.8 Å². The standard InChI is InChI=1S/C22H38O10/c1-3-27-21(25)31-17-15-29-19(23)13-11-9-7-5-6-8-10-12-14-20(24)30-16-18-32-22(26)28-4-2/h3-18H2,1-2H3. The molecule has 0 aliphatic carbocycles. The molecule has 0 aromatic carbocycles. The highest BCUT2D eigenvalue weighted by Crippen LogP contribution is 2.11. The van der Waals surface area contributed by atoms with Crippen LogP contribution in [0.25, 0.3) is 0 Å². The maximum atomic E-state index is 11.6. The van der Waals surface area contributed by atoms with Gasteiger partial charge in [0.1, 0.15) is 26.4 Å². The quantitative estimate of drug-likeness (QED) is 0.156. The number of carbonyl (C=O) groups is 4. The number of carbonyl (C=O) groups excluding carboxylic acids is 4. The van der Waals surface area contributed by atoms with E-state index in [1.54, 1.807) is 13.8 Å². The van der Waals surface area contributed by atoms with Gasteiger partial charge in [0.2, 0.25) is 0 Å². The highest BCUT2D eigenvalue weighted by molar-refractivity contribution is 5.69. The van der Waals surface area contributed by atoms with Crippen LogP contribution in [-0.4, -0.2) is 63.9 Å². The Labute approximate surface area is 190 Å². The predicted octanol–water partition coefficient (Wildman–Crippen LogP) is 4.32. The third-order valence-corrected chi connectivity index (χ3v) is 4.17. The molecule has 0 unspecified atom stereocenters. The molecule has 0 N–H and O–H groups in total. The predicted molar refractivity (Wildman–Crippen MR) is 114 cm³/mol. The van der Waals surface area contributed by atoms with Crippen molar-refractivity contribution in [3.63, 3.8) is 0 Å². The monoisotopic (exact) mass is 462 g/mol. The Hall–Kier alpha value is -2.52. The SMILES string of the molecule is CCOC(=O)OCCOC(=O)CCCCCCCCCCC(=O)OCCOC(=O)OCC. The number of hydrogen-bond donors (Lipinski definition) is 0. The Morgan fingerprint density at radius 2 is 0.750 bits per heavy atom. The minimum atomic E-state index is -0.763. The molecule has 10 nitrogen and oxygen atoms in total. The molecule has 0 aromatic heterocycles. The van der Waals surface area contributed by atoms with Crippen molar-refractivity contribution in [2.75, 3.05) is 39.6 Å². The Bertz CT molecular complexity index is 475. The van der Waals surface area contributed by atoms with Gasteiger partial charge in [-0.15, -0.1) is 0 Å². The molecule has 0 aliphatic rings.